The Labute approximate surface area is 115 Å². The van der Waals surface area contributed by atoms with Gasteiger partial charge in [0, 0.05) is 13.0 Å². The van der Waals surface area contributed by atoms with Crippen LogP contribution in [0, 0.1) is 0 Å². The summed E-state index contributed by atoms with van der Waals surface area (Å²) in [6.07, 6.45) is 2.07. The number of carbonyl (C=O) groups is 3. The first-order valence-electron chi connectivity index (χ1n) is 5.61. The summed E-state index contributed by atoms with van der Waals surface area (Å²) in [5.41, 5.74) is 4.96. The van der Waals surface area contributed by atoms with E-state index < -0.39 is 30.0 Å². The van der Waals surface area contributed by atoms with Crippen molar-refractivity contribution in [1.29, 1.82) is 0 Å². The zero-order chi connectivity index (χ0) is 14.8. The number of carboxylic acid groups (broad SMARTS) is 1. The molecule has 1 unspecified atom stereocenters. The number of rotatable bonds is 9. The number of hydrogen-bond acceptors (Lipinski definition) is 5. The smallest absolute Gasteiger partial charge is 0.326 e. The van der Waals surface area contributed by atoms with Crippen molar-refractivity contribution in [3.63, 3.8) is 0 Å². The third kappa shape index (κ3) is 7.52. The zero-order valence-electron chi connectivity index (χ0n) is 10.6. The molecule has 8 nitrogen and oxygen atoms in total. The fourth-order valence-corrected chi connectivity index (χ4v) is 1.81. The Bertz CT molecular complexity index is 326. The van der Waals surface area contributed by atoms with E-state index in [-0.39, 0.29) is 13.0 Å². The minimum Gasteiger partial charge on any atom is -0.480 e. The van der Waals surface area contributed by atoms with Gasteiger partial charge in [-0.2, -0.15) is 11.8 Å². The SMILES string of the molecule is CSCCC(NC(N)=O)C(=O)N[C@@H](CCO)C(=O)O. The van der Waals surface area contributed by atoms with Crippen molar-refractivity contribution in [3.05, 3.63) is 0 Å². The van der Waals surface area contributed by atoms with Gasteiger partial charge < -0.3 is 26.6 Å². The highest BCUT2D eigenvalue weighted by Crippen LogP contribution is 2.02. The van der Waals surface area contributed by atoms with Crippen molar-refractivity contribution in [2.45, 2.75) is 24.9 Å². The highest BCUT2D eigenvalue weighted by Gasteiger charge is 2.25. The van der Waals surface area contributed by atoms with Crippen molar-refractivity contribution >= 4 is 29.7 Å². The van der Waals surface area contributed by atoms with Crippen molar-refractivity contribution in [3.8, 4) is 0 Å². The fraction of sp³-hybridized carbons (Fsp3) is 0.700. The molecule has 3 amide bonds. The Morgan fingerprint density at radius 2 is 1.84 bits per heavy atom. The standard InChI is InChI=1S/C10H19N3O5S/c1-19-5-3-6(13-10(11)18)8(15)12-7(2-4-14)9(16)17/h6-7,14H,2-5H2,1H3,(H,12,15)(H,16,17)(H3,11,13,18)/t6?,7-/m0/s1. The van der Waals surface area contributed by atoms with Gasteiger partial charge in [-0.1, -0.05) is 0 Å². The summed E-state index contributed by atoms with van der Waals surface area (Å²) >= 11 is 1.48. The average Bonchev–Trinajstić information content (AvgIpc) is 2.33. The van der Waals surface area contributed by atoms with Crippen LogP contribution in [-0.4, -0.2) is 58.8 Å². The van der Waals surface area contributed by atoms with Crippen molar-refractivity contribution in [2.75, 3.05) is 18.6 Å². The number of nitrogens with two attached hydrogens (primary N) is 1. The third-order valence-corrected chi connectivity index (χ3v) is 2.92. The molecule has 0 heterocycles. The van der Waals surface area contributed by atoms with Crippen molar-refractivity contribution in [1.82, 2.24) is 10.6 Å². The second-order valence-electron chi connectivity index (χ2n) is 3.75. The Morgan fingerprint density at radius 1 is 1.21 bits per heavy atom. The number of aliphatic carboxylic acids is 1. The van der Waals surface area contributed by atoms with Crippen LogP contribution in [0.3, 0.4) is 0 Å². The third-order valence-electron chi connectivity index (χ3n) is 2.28. The first kappa shape index (κ1) is 17.5. The van der Waals surface area contributed by atoms with E-state index in [0.29, 0.717) is 12.2 Å². The highest BCUT2D eigenvalue weighted by molar-refractivity contribution is 7.98. The summed E-state index contributed by atoms with van der Waals surface area (Å²) in [6.45, 7) is -0.365. The van der Waals surface area contributed by atoms with Crippen LogP contribution in [-0.2, 0) is 9.59 Å². The fourth-order valence-electron chi connectivity index (χ4n) is 1.34. The minimum absolute atomic E-state index is 0.104. The molecule has 0 spiro atoms. The van der Waals surface area contributed by atoms with Crippen LogP contribution in [0.25, 0.3) is 0 Å². The van der Waals surface area contributed by atoms with E-state index in [0.717, 1.165) is 0 Å². The maximum atomic E-state index is 11.8. The van der Waals surface area contributed by atoms with Gasteiger partial charge in [0.05, 0.1) is 0 Å². The van der Waals surface area contributed by atoms with E-state index in [2.05, 4.69) is 10.6 Å². The van der Waals surface area contributed by atoms with Gasteiger partial charge >= 0.3 is 12.0 Å². The molecule has 0 bridgehead atoms. The lowest BCUT2D eigenvalue weighted by Gasteiger charge is -2.20. The number of carbonyl (C=O) groups excluding carboxylic acids is 2. The summed E-state index contributed by atoms with van der Waals surface area (Å²) in [5.74, 6) is -1.27. The molecular weight excluding hydrogens is 274 g/mol. The summed E-state index contributed by atoms with van der Waals surface area (Å²) in [6, 6.07) is -2.93. The van der Waals surface area contributed by atoms with E-state index in [1.807, 2.05) is 6.26 Å². The number of hydrogen-bond donors (Lipinski definition) is 5. The Kier molecular flexibility index (Phi) is 8.71. The molecule has 0 aromatic carbocycles. The first-order valence-corrected chi connectivity index (χ1v) is 7.00. The maximum Gasteiger partial charge on any atom is 0.326 e. The number of thioether (sulfide) groups is 1. The Hall–Kier alpha value is -1.48. The van der Waals surface area contributed by atoms with Crippen molar-refractivity contribution in [2.24, 2.45) is 5.73 Å². The number of aliphatic hydroxyl groups excluding tert-OH is 1. The molecule has 0 saturated heterocycles. The maximum absolute atomic E-state index is 11.8. The number of carboxylic acids is 1. The largest absolute Gasteiger partial charge is 0.480 e. The molecule has 0 aliphatic carbocycles. The van der Waals surface area contributed by atoms with Gasteiger partial charge in [0.25, 0.3) is 0 Å². The summed E-state index contributed by atoms with van der Waals surface area (Å²) in [4.78, 5) is 33.5. The quantitative estimate of drug-likeness (QED) is 0.359. The van der Waals surface area contributed by atoms with Crippen LogP contribution in [0.1, 0.15) is 12.8 Å². The molecule has 2 atom stereocenters. The number of nitrogens with one attached hydrogen (secondary N) is 2. The number of aliphatic hydroxyl groups is 1. The normalized spacial score (nSPS) is 13.4. The van der Waals surface area contributed by atoms with Crippen LogP contribution in [0.5, 0.6) is 0 Å². The van der Waals surface area contributed by atoms with Gasteiger partial charge in [-0.15, -0.1) is 0 Å². The lowest BCUT2D eigenvalue weighted by Crippen LogP contribution is -2.53. The molecular formula is C10H19N3O5S. The number of primary amides is 1. The van der Waals surface area contributed by atoms with Gasteiger partial charge in [0.1, 0.15) is 12.1 Å². The predicted molar refractivity (Wildman–Crippen MR) is 70.8 cm³/mol. The van der Waals surface area contributed by atoms with Crippen molar-refractivity contribution < 1.29 is 24.6 Å². The van der Waals surface area contributed by atoms with Crippen LogP contribution >= 0.6 is 11.8 Å². The lowest BCUT2D eigenvalue weighted by molar-refractivity contribution is -0.142. The van der Waals surface area contributed by atoms with E-state index in [4.69, 9.17) is 15.9 Å². The lowest BCUT2D eigenvalue weighted by atomic mass is 10.1. The molecule has 0 aliphatic heterocycles. The number of amides is 3. The van der Waals surface area contributed by atoms with E-state index in [1.54, 1.807) is 0 Å². The zero-order valence-corrected chi connectivity index (χ0v) is 11.4. The second-order valence-corrected chi connectivity index (χ2v) is 4.74. The van der Waals surface area contributed by atoms with Gasteiger partial charge in [0.15, 0.2) is 0 Å². The molecule has 19 heavy (non-hydrogen) atoms. The van der Waals surface area contributed by atoms with Gasteiger partial charge in [-0.25, -0.2) is 9.59 Å². The Balaban J connectivity index is 4.58. The average molecular weight is 293 g/mol. The highest BCUT2D eigenvalue weighted by atomic mass is 32.2. The monoisotopic (exact) mass is 293 g/mol. The molecule has 0 rings (SSSR count). The van der Waals surface area contributed by atoms with Crippen LogP contribution < -0.4 is 16.4 Å². The second kappa shape index (κ2) is 9.45. The van der Waals surface area contributed by atoms with Crippen LogP contribution in [0.4, 0.5) is 4.79 Å². The van der Waals surface area contributed by atoms with E-state index in [9.17, 15) is 14.4 Å². The molecule has 6 N–H and O–H groups in total. The van der Waals surface area contributed by atoms with E-state index >= 15 is 0 Å². The molecule has 0 aromatic rings. The number of urea groups is 1. The van der Waals surface area contributed by atoms with Gasteiger partial charge in [-0.05, 0) is 18.4 Å². The molecule has 9 heteroatoms. The molecule has 0 fully saturated rings. The predicted octanol–water partition coefficient (Wildman–Crippen LogP) is -1.27. The summed E-state index contributed by atoms with van der Waals surface area (Å²) in [7, 11) is 0. The van der Waals surface area contributed by atoms with E-state index in [1.165, 1.54) is 11.8 Å². The summed E-state index contributed by atoms with van der Waals surface area (Å²) < 4.78 is 0. The van der Waals surface area contributed by atoms with Crippen LogP contribution in [0.2, 0.25) is 0 Å². The van der Waals surface area contributed by atoms with Gasteiger partial charge in [0.2, 0.25) is 5.91 Å². The first-order chi connectivity index (χ1) is 8.92. The molecule has 0 radical (unpaired) electrons. The summed E-state index contributed by atoms with van der Waals surface area (Å²) in [5, 5.41) is 22.1. The topological polar surface area (TPSA) is 142 Å². The Morgan fingerprint density at radius 3 is 2.26 bits per heavy atom. The molecule has 0 aliphatic rings. The minimum atomic E-state index is -1.25. The van der Waals surface area contributed by atoms with Crippen LogP contribution in [0.15, 0.2) is 0 Å². The van der Waals surface area contributed by atoms with Gasteiger partial charge in [-0.3, -0.25) is 4.79 Å². The molecule has 110 valence electrons. The molecule has 0 saturated carbocycles. The molecule has 0 aromatic heterocycles.